The second-order valence-electron chi connectivity index (χ2n) is 3.71. The molecule has 1 aliphatic heterocycles. The van der Waals surface area contributed by atoms with Crippen LogP contribution in [0.15, 0.2) is 29.2 Å². The van der Waals surface area contributed by atoms with Gasteiger partial charge in [-0.05, 0) is 12.1 Å². The topological polar surface area (TPSA) is 71.5 Å². The predicted molar refractivity (Wildman–Crippen MR) is 60.0 cm³/mol. The van der Waals surface area contributed by atoms with E-state index in [2.05, 4.69) is 0 Å². The summed E-state index contributed by atoms with van der Waals surface area (Å²) in [6.07, 6.45) is 0.204. The van der Waals surface area contributed by atoms with Crippen molar-refractivity contribution in [2.75, 3.05) is 6.54 Å². The zero-order valence-electron chi connectivity index (χ0n) is 9.21. The lowest BCUT2D eigenvalue weighted by Crippen LogP contribution is -2.34. The molecule has 2 rings (SSSR count). The van der Waals surface area contributed by atoms with Crippen molar-refractivity contribution in [2.45, 2.75) is 18.2 Å². The van der Waals surface area contributed by atoms with Crippen LogP contribution >= 0.6 is 0 Å². The summed E-state index contributed by atoms with van der Waals surface area (Å²) < 4.78 is 24.6. The van der Waals surface area contributed by atoms with Gasteiger partial charge >= 0.3 is 0 Å². The molecule has 0 aliphatic carbocycles. The number of amides is 1. The maximum atomic E-state index is 12.0. The molecule has 0 spiro atoms. The first-order valence-electron chi connectivity index (χ1n) is 5.16. The van der Waals surface area contributed by atoms with Gasteiger partial charge in [0.25, 0.3) is 15.9 Å². The maximum Gasteiger partial charge on any atom is 0.269 e. The number of nitrogens with zero attached hydrogens (tertiary/aromatic N) is 1. The van der Waals surface area contributed by atoms with E-state index in [1.54, 1.807) is 19.1 Å². The van der Waals surface area contributed by atoms with Gasteiger partial charge < -0.3 is 0 Å². The van der Waals surface area contributed by atoms with Crippen molar-refractivity contribution in [1.82, 2.24) is 4.31 Å². The first kappa shape index (κ1) is 11.8. The van der Waals surface area contributed by atoms with Gasteiger partial charge in [-0.1, -0.05) is 19.1 Å². The first-order valence-corrected chi connectivity index (χ1v) is 6.60. The molecule has 0 saturated heterocycles. The molecule has 1 aliphatic rings. The van der Waals surface area contributed by atoms with Crippen molar-refractivity contribution in [3.8, 4) is 0 Å². The van der Waals surface area contributed by atoms with Gasteiger partial charge in [-0.3, -0.25) is 9.59 Å². The summed E-state index contributed by atoms with van der Waals surface area (Å²) in [4.78, 5) is 23.1. The molecular weight excluding hydrogens is 242 g/mol. The normalized spacial score (nSPS) is 17.0. The molecule has 0 radical (unpaired) electrons. The molecule has 0 bridgehead atoms. The summed E-state index contributed by atoms with van der Waals surface area (Å²) in [5.74, 6) is -0.905. The number of carbonyl (C=O) groups is 2. The fourth-order valence-corrected chi connectivity index (χ4v) is 3.21. The second-order valence-corrected chi connectivity index (χ2v) is 5.54. The Morgan fingerprint density at radius 2 is 1.94 bits per heavy atom. The monoisotopic (exact) mass is 253 g/mol. The highest BCUT2D eigenvalue weighted by Gasteiger charge is 2.41. The van der Waals surface area contributed by atoms with Crippen LogP contribution in [-0.2, 0) is 14.8 Å². The average molecular weight is 253 g/mol. The fraction of sp³-hybridized carbons (Fsp3) is 0.273. The van der Waals surface area contributed by atoms with Gasteiger partial charge in [0.15, 0.2) is 5.78 Å². The molecule has 1 heterocycles. The van der Waals surface area contributed by atoms with Crippen LogP contribution in [-0.4, -0.2) is 31.0 Å². The van der Waals surface area contributed by atoms with Gasteiger partial charge in [0.05, 0.1) is 12.1 Å². The van der Waals surface area contributed by atoms with Crippen LogP contribution in [0.2, 0.25) is 0 Å². The van der Waals surface area contributed by atoms with Gasteiger partial charge in [-0.15, -0.1) is 0 Å². The molecule has 1 aromatic rings. The van der Waals surface area contributed by atoms with Crippen molar-refractivity contribution < 1.29 is 18.0 Å². The quantitative estimate of drug-likeness (QED) is 0.799. The number of fused-ring (bicyclic) bond motifs is 1. The predicted octanol–water partition coefficient (Wildman–Crippen LogP) is 0.810. The summed E-state index contributed by atoms with van der Waals surface area (Å²) in [6.45, 7) is 1.25. The Morgan fingerprint density at radius 3 is 2.53 bits per heavy atom. The molecule has 17 heavy (non-hydrogen) atoms. The van der Waals surface area contributed by atoms with E-state index in [4.69, 9.17) is 0 Å². The van der Waals surface area contributed by atoms with Gasteiger partial charge in [0.1, 0.15) is 4.90 Å². The Bertz CT molecular complexity index is 591. The number of Topliss-reactive ketones (excluding diaryl/α,β-unsaturated/α-hetero) is 1. The summed E-state index contributed by atoms with van der Waals surface area (Å²) in [5.41, 5.74) is 0.136. The van der Waals surface area contributed by atoms with Crippen LogP contribution in [0.5, 0.6) is 0 Å². The van der Waals surface area contributed by atoms with Gasteiger partial charge in [-0.25, -0.2) is 12.7 Å². The number of ketones is 1. The minimum Gasteiger partial charge on any atom is -0.298 e. The van der Waals surface area contributed by atoms with Crippen LogP contribution in [0, 0.1) is 0 Å². The smallest absolute Gasteiger partial charge is 0.269 e. The molecule has 90 valence electrons. The molecule has 0 unspecified atom stereocenters. The Hall–Kier alpha value is -1.69. The lowest BCUT2D eigenvalue weighted by molar-refractivity contribution is -0.118. The Balaban J connectivity index is 2.48. The number of hydrogen-bond donors (Lipinski definition) is 0. The largest absolute Gasteiger partial charge is 0.298 e. The summed E-state index contributed by atoms with van der Waals surface area (Å²) in [6, 6.07) is 5.97. The average Bonchev–Trinajstić information content (AvgIpc) is 2.51. The molecule has 1 amide bonds. The summed E-state index contributed by atoms with van der Waals surface area (Å²) in [7, 11) is -3.84. The van der Waals surface area contributed by atoms with Crippen molar-refractivity contribution in [3.63, 3.8) is 0 Å². The van der Waals surface area contributed by atoms with Crippen molar-refractivity contribution >= 4 is 21.7 Å². The third kappa shape index (κ3) is 1.74. The Kier molecular flexibility index (Phi) is 2.74. The molecule has 6 heteroatoms. The summed E-state index contributed by atoms with van der Waals surface area (Å²) >= 11 is 0. The second kappa shape index (κ2) is 3.96. The lowest BCUT2D eigenvalue weighted by atomic mass is 10.2. The molecule has 0 N–H and O–H groups in total. The number of hydrogen-bond acceptors (Lipinski definition) is 4. The molecule has 0 aromatic heterocycles. The lowest BCUT2D eigenvalue weighted by Gasteiger charge is -2.13. The fourth-order valence-electron chi connectivity index (χ4n) is 1.66. The van der Waals surface area contributed by atoms with E-state index >= 15 is 0 Å². The Morgan fingerprint density at radius 1 is 1.29 bits per heavy atom. The van der Waals surface area contributed by atoms with Crippen LogP contribution in [0.4, 0.5) is 0 Å². The zero-order chi connectivity index (χ0) is 12.6. The van der Waals surface area contributed by atoms with E-state index in [1.165, 1.54) is 12.1 Å². The molecular formula is C11H11NO4S. The van der Waals surface area contributed by atoms with Crippen LogP contribution < -0.4 is 0 Å². The molecule has 0 fully saturated rings. The number of benzene rings is 1. The van der Waals surface area contributed by atoms with Crippen molar-refractivity contribution in [2.24, 2.45) is 0 Å². The minimum atomic E-state index is -3.84. The third-order valence-electron chi connectivity index (χ3n) is 2.63. The SMILES string of the molecule is CCC(=O)CN1C(=O)c2ccccc2S1(=O)=O. The van der Waals surface area contributed by atoms with Gasteiger partial charge in [-0.2, -0.15) is 0 Å². The van der Waals surface area contributed by atoms with E-state index < -0.39 is 15.9 Å². The molecule has 0 atom stereocenters. The molecule has 1 aromatic carbocycles. The van der Waals surface area contributed by atoms with Crippen LogP contribution in [0.25, 0.3) is 0 Å². The van der Waals surface area contributed by atoms with E-state index in [0.29, 0.717) is 4.31 Å². The first-order chi connectivity index (χ1) is 7.98. The van der Waals surface area contributed by atoms with E-state index in [9.17, 15) is 18.0 Å². The van der Waals surface area contributed by atoms with E-state index in [0.717, 1.165) is 0 Å². The minimum absolute atomic E-state index is 0.0195. The highest BCUT2D eigenvalue weighted by molar-refractivity contribution is 7.90. The third-order valence-corrected chi connectivity index (χ3v) is 4.41. The highest BCUT2D eigenvalue weighted by atomic mass is 32.2. The van der Waals surface area contributed by atoms with Crippen molar-refractivity contribution in [1.29, 1.82) is 0 Å². The van der Waals surface area contributed by atoms with Crippen molar-refractivity contribution in [3.05, 3.63) is 29.8 Å². The van der Waals surface area contributed by atoms with Gasteiger partial charge in [0.2, 0.25) is 0 Å². The highest BCUT2D eigenvalue weighted by Crippen LogP contribution is 2.29. The number of carbonyl (C=O) groups excluding carboxylic acids is 2. The maximum absolute atomic E-state index is 12.0. The number of sulfonamides is 1. The zero-order valence-corrected chi connectivity index (χ0v) is 10.0. The Labute approximate surface area is 99.1 Å². The molecule has 0 saturated carbocycles. The van der Waals surface area contributed by atoms with E-state index in [1.807, 2.05) is 0 Å². The van der Waals surface area contributed by atoms with Crippen LogP contribution in [0.1, 0.15) is 23.7 Å². The number of rotatable bonds is 3. The van der Waals surface area contributed by atoms with Gasteiger partial charge in [0, 0.05) is 6.42 Å². The van der Waals surface area contributed by atoms with Crippen LogP contribution in [0.3, 0.4) is 0 Å². The molecule has 5 nitrogen and oxygen atoms in total. The standard InChI is InChI=1S/C11H11NO4S/c1-2-8(13)7-12-11(14)9-5-3-4-6-10(9)17(12,15)16/h3-6H,2,7H2,1H3. The summed E-state index contributed by atoms with van der Waals surface area (Å²) in [5, 5.41) is 0. The van der Waals surface area contributed by atoms with E-state index in [-0.39, 0.29) is 29.2 Å².